The normalized spacial score (nSPS) is 10.6. The topological polar surface area (TPSA) is 9.23 Å². The minimum absolute atomic E-state index is 0.638. The third-order valence-corrected chi connectivity index (χ3v) is 1.67. The van der Waals surface area contributed by atoms with Crippen LogP contribution in [0.2, 0.25) is 0 Å². The van der Waals surface area contributed by atoms with Crippen LogP contribution in [0.15, 0.2) is 48.6 Å². The number of hydrogen-bond donors (Lipinski definition) is 0. The molecule has 74 valence electrons. The van der Waals surface area contributed by atoms with Gasteiger partial charge in [-0.05, 0) is 12.5 Å². The van der Waals surface area contributed by atoms with Crippen molar-refractivity contribution >= 4 is 6.08 Å². The molecule has 0 atom stereocenters. The van der Waals surface area contributed by atoms with Gasteiger partial charge in [0.1, 0.15) is 0 Å². The van der Waals surface area contributed by atoms with Crippen molar-refractivity contribution in [2.24, 2.45) is 0 Å². The molecule has 1 aromatic carbocycles. The van der Waals surface area contributed by atoms with Gasteiger partial charge in [-0.1, -0.05) is 54.6 Å². The van der Waals surface area contributed by atoms with Crippen LogP contribution < -0.4 is 0 Å². The highest BCUT2D eigenvalue weighted by molar-refractivity contribution is 5.48. The predicted molar refractivity (Wildman–Crippen MR) is 61.1 cm³/mol. The second kappa shape index (κ2) is 6.17. The van der Waals surface area contributed by atoms with Gasteiger partial charge in [0.05, 0.1) is 13.2 Å². The lowest BCUT2D eigenvalue weighted by Gasteiger charge is -1.98. The van der Waals surface area contributed by atoms with Gasteiger partial charge in [0.2, 0.25) is 0 Å². The zero-order chi connectivity index (χ0) is 10.2. The van der Waals surface area contributed by atoms with E-state index in [4.69, 9.17) is 4.74 Å². The molecule has 1 nitrogen and oxygen atoms in total. The minimum atomic E-state index is 0.638. The Morgan fingerprint density at radius 2 is 2.07 bits per heavy atom. The van der Waals surface area contributed by atoms with E-state index in [0.29, 0.717) is 13.2 Å². The van der Waals surface area contributed by atoms with Crippen LogP contribution in [0, 0.1) is 0 Å². The van der Waals surface area contributed by atoms with Gasteiger partial charge in [0.25, 0.3) is 0 Å². The fraction of sp³-hybridized carbons (Fsp3) is 0.231. The second-order valence-corrected chi connectivity index (χ2v) is 3.29. The SMILES string of the molecule is C=C(C)COCC=Cc1ccccc1. The molecule has 14 heavy (non-hydrogen) atoms. The minimum Gasteiger partial charge on any atom is -0.373 e. The molecule has 0 bridgehead atoms. The average molecular weight is 188 g/mol. The van der Waals surface area contributed by atoms with Crippen molar-refractivity contribution in [3.8, 4) is 0 Å². The molecule has 1 rings (SSSR count). The molecule has 1 heteroatoms. The maximum absolute atomic E-state index is 5.33. The Hall–Kier alpha value is -1.34. The summed E-state index contributed by atoms with van der Waals surface area (Å²) in [6, 6.07) is 10.2. The van der Waals surface area contributed by atoms with Crippen LogP contribution in [0.4, 0.5) is 0 Å². The largest absolute Gasteiger partial charge is 0.373 e. The first-order valence-corrected chi connectivity index (χ1v) is 4.73. The lowest BCUT2D eigenvalue weighted by atomic mass is 10.2. The molecule has 0 fully saturated rings. The maximum atomic E-state index is 5.33. The molecule has 0 radical (unpaired) electrons. The van der Waals surface area contributed by atoms with Gasteiger partial charge in [-0.3, -0.25) is 0 Å². The average Bonchev–Trinajstić information content (AvgIpc) is 2.18. The number of hydrogen-bond acceptors (Lipinski definition) is 1. The molecular formula is C13H16O. The first-order valence-electron chi connectivity index (χ1n) is 4.73. The molecule has 0 spiro atoms. The highest BCUT2D eigenvalue weighted by Gasteiger charge is 1.85. The Morgan fingerprint density at radius 3 is 2.71 bits per heavy atom. The summed E-state index contributed by atoms with van der Waals surface area (Å²) in [5, 5.41) is 0. The molecule has 0 saturated carbocycles. The van der Waals surface area contributed by atoms with Gasteiger partial charge in [-0.25, -0.2) is 0 Å². The monoisotopic (exact) mass is 188 g/mol. The Labute approximate surface area is 85.7 Å². The van der Waals surface area contributed by atoms with Crippen LogP contribution in [0.1, 0.15) is 12.5 Å². The molecule has 0 aliphatic rings. The van der Waals surface area contributed by atoms with Gasteiger partial charge in [-0.2, -0.15) is 0 Å². The fourth-order valence-corrected chi connectivity index (χ4v) is 1.05. The molecule has 0 aliphatic heterocycles. The van der Waals surface area contributed by atoms with Crippen molar-refractivity contribution in [1.29, 1.82) is 0 Å². The van der Waals surface area contributed by atoms with Crippen molar-refractivity contribution in [1.82, 2.24) is 0 Å². The van der Waals surface area contributed by atoms with E-state index in [-0.39, 0.29) is 0 Å². The molecule has 1 aromatic rings. The van der Waals surface area contributed by atoms with Gasteiger partial charge >= 0.3 is 0 Å². The zero-order valence-electron chi connectivity index (χ0n) is 8.57. The highest BCUT2D eigenvalue weighted by atomic mass is 16.5. The van der Waals surface area contributed by atoms with Gasteiger partial charge < -0.3 is 4.74 Å². The standard InChI is InChI=1S/C13H16O/c1-12(2)11-14-10-6-9-13-7-4-3-5-8-13/h3-9H,1,10-11H2,2H3. The van der Waals surface area contributed by atoms with Crippen LogP contribution in [0.3, 0.4) is 0 Å². The molecule has 0 unspecified atom stereocenters. The molecular weight excluding hydrogens is 172 g/mol. The van der Waals surface area contributed by atoms with Crippen LogP contribution >= 0.6 is 0 Å². The first-order chi connectivity index (χ1) is 6.79. The summed E-state index contributed by atoms with van der Waals surface area (Å²) in [4.78, 5) is 0. The maximum Gasteiger partial charge on any atom is 0.0675 e. The fourth-order valence-electron chi connectivity index (χ4n) is 1.05. The van der Waals surface area contributed by atoms with E-state index in [1.807, 2.05) is 31.2 Å². The first kappa shape index (κ1) is 10.7. The van der Waals surface area contributed by atoms with Gasteiger partial charge in [-0.15, -0.1) is 0 Å². The van der Waals surface area contributed by atoms with E-state index in [1.54, 1.807) is 0 Å². The third-order valence-electron chi connectivity index (χ3n) is 1.67. The quantitative estimate of drug-likeness (QED) is 0.509. The summed E-state index contributed by atoms with van der Waals surface area (Å²) in [6.45, 7) is 7.00. The summed E-state index contributed by atoms with van der Waals surface area (Å²) in [5.74, 6) is 0. The Balaban J connectivity index is 2.25. The van der Waals surface area contributed by atoms with Gasteiger partial charge in [0, 0.05) is 0 Å². The zero-order valence-corrected chi connectivity index (χ0v) is 8.57. The summed E-state index contributed by atoms with van der Waals surface area (Å²) >= 11 is 0. The summed E-state index contributed by atoms with van der Waals surface area (Å²) < 4.78 is 5.33. The van der Waals surface area contributed by atoms with E-state index >= 15 is 0 Å². The summed E-state index contributed by atoms with van der Waals surface area (Å²) in [6.07, 6.45) is 4.07. The van der Waals surface area contributed by atoms with E-state index < -0.39 is 0 Å². The second-order valence-electron chi connectivity index (χ2n) is 3.29. The van der Waals surface area contributed by atoms with Crippen molar-refractivity contribution in [3.05, 3.63) is 54.1 Å². The highest BCUT2D eigenvalue weighted by Crippen LogP contribution is 2.00. The molecule has 0 amide bonds. The van der Waals surface area contributed by atoms with Crippen molar-refractivity contribution in [2.45, 2.75) is 6.92 Å². The number of rotatable bonds is 5. The van der Waals surface area contributed by atoms with E-state index in [0.717, 1.165) is 5.57 Å². The van der Waals surface area contributed by atoms with Crippen LogP contribution in [-0.4, -0.2) is 13.2 Å². The number of benzene rings is 1. The predicted octanol–water partition coefficient (Wildman–Crippen LogP) is 3.29. The molecule has 0 N–H and O–H groups in total. The number of ether oxygens (including phenoxy) is 1. The summed E-state index contributed by atoms with van der Waals surface area (Å²) in [5.41, 5.74) is 2.25. The molecule has 0 heterocycles. The van der Waals surface area contributed by atoms with Crippen molar-refractivity contribution < 1.29 is 4.74 Å². The Kier molecular flexibility index (Phi) is 4.73. The van der Waals surface area contributed by atoms with Crippen molar-refractivity contribution in [3.63, 3.8) is 0 Å². The van der Waals surface area contributed by atoms with Crippen molar-refractivity contribution in [2.75, 3.05) is 13.2 Å². The van der Waals surface area contributed by atoms with E-state index in [1.165, 1.54) is 5.56 Å². The smallest absolute Gasteiger partial charge is 0.0675 e. The Morgan fingerprint density at radius 1 is 1.36 bits per heavy atom. The molecule has 0 saturated heterocycles. The molecule has 0 aliphatic carbocycles. The van der Waals surface area contributed by atoms with Crippen LogP contribution in [-0.2, 0) is 4.74 Å². The van der Waals surface area contributed by atoms with E-state index in [9.17, 15) is 0 Å². The lowest BCUT2D eigenvalue weighted by molar-refractivity contribution is 0.187. The molecule has 0 aromatic heterocycles. The van der Waals surface area contributed by atoms with E-state index in [2.05, 4.69) is 24.8 Å². The van der Waals surface area contributed by atoms with Crippen LogP contribution in [0.25, 0.3) is 6.08 Å². The van der Waals surface area contributed by atoms with Crippen LogP contribution in [0.5, 0.6) is 0 Å². The lowest BCUT2D eigenvalue weighted by Crippen LogP contribution is -1.93. The third kappa shape index (κ3) is 4.63. The Bertz CT molecular complexity index is 298. The summed E-state index contributed by atoms with van der Waals surface area (Å²) in [7, 11) is 0. The van der Waals surface area contributed by atoms with Gasteiger partial charge in [0.15, 0.2) is 0 Å².